The molecular formula is C19H19F3N4O. The number of likely N-dealkylation sites (N-methyl/N-ethyl adjacent to an activating group) is 1. The molecule has 1 saturated heterocycles. The van der Waals surface area contributed by atoms with Crippen molar-refractivity contribution >= 4 is 5.65 Å². The van der Waals surface area contributed by atoms with E-state index in [2.05, 4.69) is 22.0 Å². The summed E-state index contributed by atoms with van der Waals surface area (Å²) in [5, 5.41) is 4.49. The van der Waals surface area contributed by atoms with Gasteiger partial charge in [-0.25, -0.2) is 9.50 Å². The molecule has 2 aromatic heterocycles. The largest absolute Gasteiger partial charge is 0.472 e. The Morgan fingerprint density at radius 1 is 1.11 bits per heavy atom. The molecule has 1 aliphatic heterocycles. The molecule has 1 fully saturated rings. The lowest BCUT2D eigenvalue weighted by molar-refractivity contribution is -0.137. The Morgan fingerprint density at radius 2 is 1.89 bits per heavy atom. The van der Waals surface area contributed by atoms with Crippen molar-refractivity contribution in [1.29, 1.82) is 0 Å². The van der Waals surface area contributed by atoms with Crippen molar-refractivity contribution in [2.45, 2.75) is 25.1 Å². The highest BCUT2D eigenvalue weighted by Gasteiger charge is 2.30. The highest BCUT2D eigenvalue weighted by Crippen LogP contribution is 2.31. The molecule has 5 nitrogen and oxygen atoms in total. The van der Waals surface area contributed by atoms with Crippen molar-refractivity contribution in [3.05, 3.63) is 48.2 Å². The molecule has 1 aromatic carbocycles. The van der Waals surface area contributed by atoms with E-state index in [9.17, 15) is 13.2 Å². The fourth-order valence-electron chi connectivity index (χ4n) is 3.33. The van der Waals surface area contributed by atoms with E-state index >= 15 is 0 Å². The lowest BCUT2D eigenvalue weighted by Gasteiger charge is -2.29. The van der Waals surface area contributed by atoms with E-state index in [1.165, 1.54) is 12.1 Å². The molecule has 1 aliphatic rings. The maximum absolute atomic E-state index is 12.8. The van der Waals surface area contributed by atoms with Crippen LogP contribution in [0.3, 0.4) is 0 Å². The van der Waals surface area contributed by atoms with Gasteiger partial charge in [-0.3, -0.25) is 0 Å². The van der Waals surface area contributed by atoms with Crippen LogP contribution in [0.15, 0.2) is 42.6 Å². The van der Waals surface area contributed by atoms with Crippen molar-refractivity contribution in [2.75, 3.05) is 20.1 Å². The predicted molar refractivity (Wildman–Crippen MR) is 94.6 cm³/mol. The van der Waals surface area contributed by atoms with Crippen LogP contribution in [0.4, 0.5) is 13.2 Å². The zero-order chi connectivity index (χ0) is 19.0. The van der Waals surface area contributed by atoms with Crippen molar-refractivity contribution < 1.29 is 17.9 Å². The summed E-state index contributed by atoms with van der Waals surface area (Å²) < 4.78 is 45.9. The summed E-state index contributed by atoms with van der Waals surface area (Å²) in [5.74, 6) is 0.481. The molecule has 0 N–H and O–H groups in total. The van der Waals surface area contributed by atoms with Gasteiger partial charge in [0, 0.05) is 18.2 Å². The van der Waals surface area contributed by atoms with Gasteiger partial charge in [0.2, 0.25) is 5.88 Å². The number of ether oxygens (including phenoxy) is 1. The van der Waals surface area contributed by atoms with Crippen molar-refractivity contribution in [1.82, 2.24) is 19.5 Å². The summed E-state index contributed by atoms with van der Waals surface area (Å²) >= 11 is 0. The minimum absolute atomic E-state index is 0.0757. The average Bonchev–Trinajstić information content (AvgIpc) is 3.04. The lowest BCUT2D eigenvalue weighted by Crippen LogP contribution is -2.38. The van der Waals surface area contributed by atoms with Gasteiger partial charge >= 0.3 is 6.18 Å². The molecule has 0 aliphatic carbocycles. The van der Waals surface area contributed by atoms with Crippen LogP contribution in [-0.2, 0) is 6.18 Å². The van der Waals surface area contributed by atoms with Gasteiger partial charge in [0.25, 0.3) is 0 Å². The number of alkyl halides is 3. The summed E-state index contributed by atoms with van der Waals surface area (Å²) in [4.78, 5) is 6.50. The quantitative estimate of drug-likeness (QED) is 0.696. The second-order valence-electron chi connectivity index (χ2n) is 6.80. The number of hydrogen-bond donors (Lipinski definition) is 0. The van der Waals surface area contributed by atoms with E-state index in [-0.39, 0.29) is 6.10 Å². The van der Waals surface area contributed by atoms with E-state index < -0.39 is 11.7 Å². The fourth-order valence-corrected chi connectivity index (χ4v) is 3.33. The van der Waals surface area contributed by atoms with Crippen LogP contribution < -0.4 is 4.74 Å². The Bertz CT molecular complexity index is 936. The van der Waals surface area contributed by atoms with Gasteiger partial charge < -0.3 is 9.64 Å². The van der Waals surface area contributed by atoms with E-state index in [0.29, 0.717) is 22.8 Å². The molecule has 3 heterocycles. The monoisotopic (exact) mass is 376 g/mol. The molecule has 1 atom stereocenters. The molecule has 0 spiro atoms. The lowest BCUT2D eigenvalue weighted by atomic mass is 10.1. The van der Waals surface area contributed by atoms with Crippen LogP contribution in [0.5, 0.6) is 5.88 Å². The van der Waals surface area contributed by atoms with Gasteiger partial charge in [0.15, 0.2) is 5.65 Å². The van der Waals surface area contributed by atoms with Crippen LogP contribution in [0, 0.1) is 0 Å². The number of benzene rings is 1. The second kappa shape index (κ2) is 6.84. The standard InChI is InChI=1S/C19H19F3N4O/c1-25-10-2-3-15(12-25)27-18-9-8-17-23-11-16(26(17)24-18)13-4-6-14(7-5-13)19(20,21)22/h4-9,11,15H,2-3,10,12H2,1H3. The fraction of sp³-hybridized carbons (Fsp3) is 0.368. The van der Waals surface area contributed by atoms with Crippen LogP contribution in [0.25, 0.3) is 16.9 Å². The van der Waals surface area contributed by atoms with Gasteiger partial charge in [-0.15, -0.1) is 5.10 Å². The maximum Gasteiger partial charge on any atom is 0.416 e. The van der Waals surface area contributed by atoms with Crippen molar-refractivity contribution in [3.63, 3.8) is 0 Å². The number of aromatic nitrogens is 3. The van der Waals surface area contributed by atoms with Crippen LogP contribution >= 0.6 is 0 Å². The van der Waals surface area contributed by atoms with Crippen LogP contribution in [-0.4, -0.2) is 45.7 Å². The van der Waals surface area contributed by atoms with E-state index in [1.54, 1.807) is 22.8 Å². The van der Waals surface area contributed by atoms with Gasteiger partial charge in [-0.1, -0.05) is 12.1 Å². The average molecular weight is 376 g/mol. The minimum atomic E-state index is -4.36. The minimum Gasteiger partial charge on any atom is -0.472 e. The maximum atomic E-state index is 12.8. The third-order valence-corrected chi connectivity index (χ3v) is 4.71. The van der Waals surface area contributed by atoms with Crippen LogP contribution in [0.2, 0.25) is 0 Å². The molecule has 8 heteroatoms. The van der Waals surface area contributed by atoms with Crippen LogP contribution in [0.1, 0.15) is 18.4 Å². The summed E-state index contributed by atoms with van der Waals surface area (Å²) in [6, 6.07) is 8.55. The highest BCUT2D eigenvalue weighted by molar-refractivity contribution is 5.63. The topological polar surface area (TPSA) is 42.7 Å². The first-order chi connectivity index (χ1) is 12.9. The molecule has 27 heavy (non-hydrogen) atoms. The number of nitrogens with zero attached hydrogens (tertiary/aromatic N) is 4. The molecular weight excluding hydrogens is 357 g/mol. The second-order valence-corrected chi connectivity index (χ2v) is 6.80. The van der Waals surface area contributed by atoms with Gasteiger partial charge in [0.1, 0.15) is 6.10 Å². The molecule has 1 unspecified atom stereocenters. The highest BCUT2D eigenvalue weighted by atomic mass is 19.4. The number of piperidine rings is 1. The number of likely N-dealkylation sites (tertiary alicyclic amines) is 1. The molecule has 3 aromatic rings. The molecule has 0 bridgehead atoms. The van der Waals surface area contributed by atoms with Gasteiger partial charge in [-0.2, -0.15) is 13.2 Å². The number of hydrogen-bond acceptors (Lipinski definition) is 4. The molecule has 4 rings (SSSR count). The molecule has 0 radical (unpaired) electrons. The number of halogens is 3. The zero-order valence-electron chi connectivity index (χ0n) is 14.8. The Hall–Kier alpha value is -2.61. The van der Waals surface area contributed by atoms with Gasteiger partial charge in [-0.05, 0) is 44.6 Å². The van der Waals surface area contributed by atoms with Crippen molar-refractivity contribution in [3.8, 4) is 17.1 Å². The predicted octanol–water partition coefficient (Wildman–Crippen LogP) is 3.89. The number of imidazole rings is 1. The first kappa shape index (κ1) is 17.8. The van der Waals surface area contributed by atoms with Crippen molar-refractivity contribution in [2.24, 2.45) is 0 Å². The summed E-state index contributed by atoms with van der Waals surface area (Å²) in [7, 11) is 2.06. The normalized spacial score (nSPS) is 18.7. The van der Waals surface area contributed by atoms with Gasteiger partial charge in [0.05, 0.1) is 17.5 Å². The third kappa shape index (κ3) is 3.75. The Kier molecular flexibility index (Phi) is 4.51. The smallest absolute Gasteiger partial charge is 0.416 e. The first-order valence-electron chi connectivity index (χ1n) is 8.78. The third-order valence-electron chi connectivity index (χ3n) is 4.71. The van der Waals surface area contributed by atoms with E-state index in [1.807, 2.05) is 0 Å². The SMILES string of the molecule is CN1CCCC(Oc2ccc3ncc(-c4ccc(C(F)(F)F)cc4)n3n2)C1. The molecule has 142 valence electrons. The summed E-state index contributed by atoms with van der Waals surface area (Å²) in [6.45, 7) is 1.90. The zero-order valence-corrected chi connectivity index (χ0v) is 14.8. The summed E-state index contributed by atoms with van der Waals surface area (Å²) in [6.07, 6.45) is -0.634. The van der Waals surface area contributed by atoms with E-state index in [0.717, 1.165) is 38.1 Å². The summed E-state index contributed by atoms with van der Waals surface area (Å²) in [5.41, 5.74) is 1.15. The number of fused-ring (bicyclic) bond motifs is 1. The Balaban J connectivity index is 1.62. The first-order valence-corrected chi connectivity index (χ1v) is 8.78. The molecule has 0 amide bonds. The number of rotatable bonds is 3. The molecule has 0 saturated carbocycles. The Labute approximate surface area is 154 Å². The van der Waals surface area contributed by atoms with E-state index in [4.69, 9.17) is 4.74 Å². The Morgan fingerprint density at radius 3 is 2.59 bits per heavy atom.